The van der Waals surface area contributed by atoms with E-state index in [1.807, 2.05) is 19.9 Å². The lowest BCUT2D eigenvalue weighted by Crippen LogP contribution is -2.20. The molecule has 0 fully saturated rings. The van der Waals surface area contributed by atoms with Crippen molar-refractivity contribution in [1.29, 1.82) is 0 Å². The molecule has 7 nitrogen and oxygen atoms in total. The van der Waals surface area contributed by atoms with Crippen molar-refractivity contribution in [2.24, 2.45) is 7.05 Å². The first kappa shape index (κ1) is 17.5. The number of benzene rings is 1. The van der Waals surface area contributed by atoms with E-state index in [1.54, 1.807) is 36.1 Å². The molecule has 0 unspecified atom stereocenters. The molecule has 0 aliphatic heterocycles. The summed E-state index contributed by atoms with van der Waals surface area (Å²) in [5.74, 6) is -0.648. The molecule has 1 aromatic carbocycles. The van der Waals surface area contributed by atoms with Gasteiger partial charge in [0, 0.05) is 25.4 Å². The molecule has 0 atom stereocenters. The number of rotatable bonds is 6. The molecule has 7 heteroatoms. The summed E-state index contributed by atoms with van der Waals surface area (Å²) in [5.41, 5.74) is 2.97. The fraction of sp³-hybridized carbons (Fsp3) is 0.353. The van der Waals surface area contributed by atoms with Crippen molar-refractivity contribution in [2.75, 3.05) is 10.6 Å². The Morgan fingerprint density at radius 2 is 2.04 bits per heavy atom. The molecule has 0 radical (unpaired) electrons. The summed E-state index contributed by atoms with van der Waals surface area (Å²) in [6.45, 7) is 4.02. The Bertz CT molecular complexity index is 737. The number of hydrogen-bond acceptors (Lipinski definition) is 3. The number of carbonyl (C=O) groups excluding carboxylic acids is 1. The first-order chi connectivity index (χ1) is 11.3. The van der Waals surface area contributed by atoms with Gasteiger partial charge in [0.2, 0.25) is 0 Å². The average molecular weight is 330 g/mol. The van der Waals surface area contributed by atoms with Gasteiger partial charge in [-0.15, -0.1) is 0 Å². The van der Waals surface area contributed by atoms with E-state index in [4.69, 9.17) is 5.11 Å². The molecule has 0 bridgehead atoms. The molecule has 24 heavy (non-hydrogen) atoms. The van der Waals surface area contributed by atoms with Crippen LogP contribution in [0.15, 0.2) is 30.5 Å². The van der Waals surface area contributed by atoms with Crippen LogP contribution in [0.5, 0.6) is 0 Å². The second-order valence-electron chi connectivity index (χ2n) is 5.93. The largest absolute Gasteiger partial charge is 0.481 e. The number of carboxylic acid groups (broad SMARTS) is 1. The van der Waals surface area contributed by atoms with Crippen molar-refractivity contribution in [3.63, 3.8) is 0 Å². The Kier molecular flexibility index (Phi) is 5.57. The first-order valence-electron chi connectivity index (χ1n) is 7.77. The molecule has 0 saturated heterocycles. The van der Waals surface area contributed by atoms with Gasteiger partial charge in [-0.3, -0.25) is 9.48 Å². The summed E-state index contributed by atoms with van der Waals surface area (Å²) in [6.07, 6.45) is 2.24. The van der Waals surface area contributed by atoms with Crippen molar-refractivity contribution in [1.82, 2.24) is 9.78 Å². The molecule has 1 aromatic heterocycles. The zero-order chi connectivity index (χ0) is 17.7. The van der Waals surface area contributed by atoms with Gasteiger partial charge in [-0.2, -0.15) is 5.10 Å². The first-order valence-corrected chi connectivity index (χ1v) is 7.77. The third kappa shape index (κ3) is 4.84. The Labute approximate surface area is 140 Å². The van der Waals surface area contributed by atoms with E-state index >= 15 is 0 Å². The maximum absolute atomic E-state index is 12.2. The number of aliphatic carboxylic acids is 1. The van der Waals surface area contributed by atoms with Gasteiger partial charge < -0.3 is 15.7 Å². The second-order valence-corrected chi connectivity index (χ2v) is 5.93. The van der Waals surface area contributed by atoms with Gasteiger partial charge in [0.05, 0.1) is 11.4 Å². The van der Waals surface area contributed by atoms with Crippen molar-refractivity contribution in [2.45, 2.75) is 32.6 Å². The van der Waals surface area contributed by atoms with Gasteiger partial charge in [-0.1, -0.05) is 26.0 Å². The normalized spacial score (nSPS) is 10.7. The SMILES string of the molecule is CC(C)c1nn(C)cc1NC(=O)Nc1cccc(CCC(=O)O)c1. The van der Waals surface area contributed by atoms with E-state index in [0.29, 0.717) is 17.8 Å². The van der Waals surface area contributed by atoms with Gasteiger partial charge in [0.1, 0.15) is 0 Å². The number of carbonyl (C=O) groups is 2. The molecule has 2 aromatic rings. The standard InChI is InChI=1S/C17H22N4O3/c1-11(2)16-14(10-21(3)20-16)19-17(24)18-13-6-4-5-12(9-13)7-8-15(22)23/h4-6,9-11H,7-8H2,1-3H3,(H,22,23)(H2,18,19,24). The molecule has 0 saturated carbocycles. The molecule has 3 N–H and O–H groups in total. The van der Waals surface area contributed by atoms with Gasteiger partial charge in [-0.25, -0.2) is 4.79 Å². The molecule has 0 spiro atoms. The number of hydrogen-bond donors (Lipinski definition) is 3. The van der Waals surface area contributed by atoms with E-state index in [1.165, 1.54) is 0 Å². The second kappa shape index (κ2) is 7.63. The Morgan fingerprint density at radius 3 is 2.71 bits per heavy atom. The highest BCUT2D eigenvalue weighted by atomic mass is 16.4. The van der Waals surface area contributed by atoms with Gasteiger partial charge in [0.15, 0.2) is 0 Å². The lowest BCUT2D eigenvalue weighted by molar-refractivity contribution is -0.136. The summed E-state index contributed by atoms with van der Waals surface area (Å²) in [4.78, 5) is 22.8. The molecule has 128 valence electrons. The number of nitrogens with zero attached hydrogens (tertiary/aromatic N) is 2. The number of nitrogens with one attached hydrogen (secondary N) is 2. The third-order valence-corrected chi connectivity index (χ3v) is 3.46. The fourth-order valence-electron chi connectivity index (χ4n) is 2.37. The molecule has 2 rings (SSSR count). The molecular weight excluding hydrogens is 308 g/mol. The summed E-state index contributed by atoms with van der Waals surface area (Å²) >= 11 is 0. The predicted molar refractivity (Wildman–Crippen MR) is 92.3 cm³/mol. The predicted octanol–water partition coefficient (Wildman–Crippen LogP) is 3.20. The van der Waals surface area contributed by atoms with Crippen molar-refractivity contribution in [3.05, 3.63) is 41.7 Å². The van der Waals surface area contributed by atoms with Crippen LogP contribution >= 0.6 is 0 Å². The van der Waals surface area contributed by atoms with Crippen LogP contribution in [0.1, 0.15) is 37.4 Å². The maximum Gasteiger partial charge on any atom is 0.323 e. The van der Waals surface area contributed by atoms with Crippen LogP contribution in [0.25, 0.3) is 0 Å². The Hall–Kier alpha value is -2.83. The molecule has 0 aliphatic rings. The van der Waals surface area contributed by atoms with Crippen molar-refractivity contribution < 1.29 is 14.7 Å². The van der Waals surface area contributed by atoms with Crippen LogP contribution < -0.4 is 10.6 Å². The summed E-state index contributed by atoms with van der Waals surface area (Å²) in [6, 6.07) is 6.80. The van der Waals surface area contributed by atoms with Crippen LogP contribution in [0.3, 0.4) is 0 Å². The minimum atomic E-state index is -0.844. The van der Waals surface area contributed by atoms with E-state index in [-0.39, 0.29) is 18.4 Å². The van der Waals surface area contributed by atoms with Crippen LogP contribution in [-0.2, 0) is 18.3 Å². The Morgan fingerprint density at radius 1 is 1.29 bits per heavy atom. The highest BCUT2D eigenvalue weighted by Crippen LogP contribution is 2.22. The van der Waals surface area contributed by atoms with Crippen molar-refractivity contribution >= 4 is 23.4 Å². The smallest absolute Gasteiger partial charge is 0.323 e. The van der Waals surface area contributed by atoms with Crippen LogP contribution in [0.4, 0.5) is 16.2 Å². The van der Waals surface area contributed by atoms with Crippen molar-refractivity contribution in [3.8, 4) is 0 Å². The number of carboxylic acids is 1. The van der Waals surface area contributed by atoms with Crippen LogP contribution in [0.2, 0.25) is 0 Å². The average Bonchev–Trinajstić information content (AvgIpc) is 2.86. The lowest BCUT2D eigenvalue weighted by atomic mass is 10.1. The molecule has 0 aliphatic carbocycles. The number of anilines is 2. The van der Waals surface area contributed by atoms with Gasteiger partial charge >= 0.3 is 12.0 Å². The van der Waals surface area contributed by atoms with Crippen LogP contribution in [0, 0.1) is 0 Å². The highest BCUT2D eigenvalue weighted by Gasteiger charge is 2.14. The topological polar surface area (TPSA) is 96.3 Å². The number of aromatic nitrogens is 2. The fourth-order valence-corrected chi connectivity index (χ4v) is 2.37. The molecule has 1 heterocycles. The lowest BCUT2D eigenvalue weighted by Gasteiger charge is -2.10. The minimum absolute atomic E-state index is 0.0586. The van der Waals surface area contributed by atoms with E-state index in [9.17, 15) is 9.59 Å². The Balaban J connectivity index is 2.02. The third-order valence-electron chi connectivity index (χ3n) is 3.46. The van der Waals surface area contributed by atoms with E-state index < -0.39 is 5.97 Å². The number of amides is 2. The minimum Gasteiger partial charge on any atom is -0.481 e. The van der Waals surface area contributed by atoms with E-state index in [0.717, 1.165) is 11.3 Å². The zero-order valence-corrected chi connectivity index (χ0v) is 14.0. The molecular formula is C17H22N4O3. The zero-order valence-electron chi connectivity index (χ0n) is 14.0. The maximum atomic E-state index is 12.2. The number of urea groups is 1. The highest BCUT2D eigenvalue weighted by molar-refractivity contribution is 6.00. The molecule has 2 amide bonds. The van der Waals surface area contributed by atoms with Gasteiger partial charge in [-0.05, 0) is 30.0 Å². The number of aryl methyl sites for hydroxylation is 2. The van der Waals surface area contributed by atoms with Crippen LogP contribution in [-0.4, -0.2) is 26.9 Å². The quantitative estimate of drug-likeness (QED) is 0.758. The van der Waals surface area contributed by atoms with Gasteiger partial charge in [0.25, 0.3) is 0 Å². The summed E-state index contributed by atoms with van der Waals surface area (Å²) in [5, 5.41) is 18.6. The summed E-state index contributed by atoms with van der Waals surface area (Å²) in [7, 11) is 1.81. The summed E-state index contributed by atoms with van der Waals surface area (Å²) < 4.78 is 1.66. The monoisotopic (exact) mass is 330 g/mol. The van der Waals surface area contributed by atoms with E-state index in [2.05, 4.69) is 15.7 Å².